The number of aliphatic hydroxyl groups excluding tert-OH is 2. The Morgan fingerprint density at radius 2 is 2.00 bits per heavy atom. The lowest BCUT2D eigenvalue weighted by molar-refractivity contribution is -0.156. The van der Waals surface area contributed by atoms with Crippen LogP contribution in [0.15, 0.2) is 0 Å². The topological polar surface area (TPSA) is 76.0 Å². The van der Waals surface area contributed by atoms with Crippen molar-refractivity contribution < 1.29 is 24.5 Å². The van der Waals surface area contributed by atoms with Gasteiger partial charge in [-0.2, -0.15) is 0 Å². The van der Waals surface area contributed by atoms with Crippen molar-refractivity contribution >= 4 is 5.97 Å². The van der Waals surface area contributed by atoms with Gasteiger partial charge in [-0.25, -0.2) is 4.79 Å². The van der Waals surface area contributed by atoms with E-state index >= 15 is 0 Å². The van der Waals surface area contributed by atoms with Crippen molar-refractivity contribution in [1.82, 2.24) is 0 Å². The second kappa shape index (κ2) is 3.38. The molecule has 1 fully saturated rings. The zero-order valence-electron chi connectivity index (χ0n) is 6.93. The number of esters is 1. The second-order valence-corrected chi connectivity index (χ2v) is 2.77. The van der Waals surface area contributed by atoms with Gasteiger partial charge in [0.2, 0.25) is 0 Å². The van der Waals surface area contributed by atoms with E-state index in [0.717, 1.165) is 0 Å². The van der Waals surface area contributed by atoms with Crippen LogP contribution in [-0.4, -0.2) is 47.7 Å². The second-order valence-electron chi connectivity index (χ2n) is 2.77. The van der Waals surface area contributed by atoms with E-state index in [-0.39, 0.29) is 0 Å². The first kappa shape index (κ1) is 9.44. The normalized spacial score (nSPS) is 41.3. The molecule has 1 heterocycles. The molecule has 4 atom stereocenters. The third kappa shape index (κ3) is 1.43. The van der Waals surface area contributed by atoms with Gasteiger partial charge in [0.05, 0.1) is 13.2 Å². The molecule has 0 aromatic carbocycles. The molecular formula is C7H12O5. The Morgan fingerprint density at radius 1 is 1.42 bits per heavy atom. The number of ether oxygens (including phenoxy) is 2. The summed E-state index contributed by atoms with van der Waals surface area (Å²) in [6.07, 6.45) is -3.80. The van der Waals surface area contributed by atoms with Gasteiger partial charge < -0.3 is 19.7 Å². The minimum atomic E-state index is -1.19. The monoisotopic (exact) mass is 176 g/mol. The minimum absolute atomic E-state index is 0.538. The van der Waals surface area contributed by atoms with Gasteiger partial charge in [-0.1, -0.05) is 0 Å². The fourth-order valence-electron chi connectivity index (χ4n) is 1.16. The Hall–Kier alpha value is -0.650. The first-order valence-corrected chi connectivity index (χ1v) is 3.67. The molecule has 1 aliphatic heterocycles. The number of hydrogen-bond donors (Lipinski definition) is 2. The molecule has 12 heavy (non-hydrogen) atoms. The predicted octanol–water partition coefficient (Wildman–Crippen LogP) is -1.33. The molecule has 1 rings (SSSR count). The molecule has 0 aromatic heterocycles. The maximum absolute atomic E-state index is 10.9. The highest BCUT2D eigenvalue weighted by Gasteiger charge is 2.44. The highest BCUT2D eigenvalue weighted by molar-refractivity contribution is 5.75. The van der Waals surface area contributed by atoms with Gasteiger partial charge in [0.25, 0.3) is 0 Å². The molecule has 1 saturated heterocycles. The number of carbonyl (C=O) groups is 1. The summed E-state index contributed by atoms with van der Waals surface area (Å²) in [6.45, 7) is 1.58. The van der Waals surface area contributed by atoms with Crippen LogP contribution < -0.4 is 0 Å². The Kier molecular flexibility index (Phi) is 2.66. The number of rotatable bonds is 1. The predicted molar refractivity (Wildman–Crippen MR) is 38.4 cm³/mol. The lowest BCUT2D eigenvalue weighted by Crippen LogP contribution is -2.36. The third-order valence-electron chi connectivity index (χ3n) is 1.94. The van der Waals surface area contributed by atoms with E-state index in [1.165, 1.54) is 7.11 Å². The average Bonchev–Trinajstić information content (AvgIpc) is 2.32. The van der Waals surface area contributed by atoms with Crippen LogP contribution in [0.4, 0.5) is 0 Å². The molecule has 5 heteroatoms. The largest absolute Gasteiger partial charge is 0.467 e. The standard InChI is InChI=1S/C7H12O5/c1-3-4(8)5(9)6(12-3)7(10)11-2/h3-6,8-9H,1-2H3/t3-,4+,5-,6+/m0/s1. The summed E-state index contributed by atoms with van der Waals surface area (Å²) in [7, 11) is 1.20. The average molecular weight is 176 g/mol. The molecule has 5 nitrogen and oxygen atoms in total. The van der Waals surface area contributed by atoms with Crippen LogP contribution in [0.25, 0.3) is 0 Å². The first-order chi connectivity index (χ1) is 5.57. The molecule has 0 aliphatic carbocycles. The van der Waals surface area contributed by atoms with Crippen LogP contribution >= 0.6 is 0 Å². The Balaban J connectivity index is 2.64. The molecule has 0 spiro atoms. The molecule has 0 saturated carbocycles. The van der Waals surface area contributed by atoms with Gasteiger partial charge in [-0.05, 0) is 6.92 Å². The van der Waals surface area contributed by atoms with Crippen LogP contribution in [0.5, 0.6) is 0 Å². The molecule has 70 valence electrons. The van der Waals surface area contributed by atoms with Gasteiger partial charge in [-0.3, -0.25) is 0 Å². The zero-order valence-corrected chi connectivity index (χ0v) is 6.93. The van der Waals surface area contributed by atoms with Crippen molar-refractivity contribution in [2.75, 3.05) is 7.11 Å². The first-order valence-electron chi connectivity index (χ1n) is 3.67. The molecular weight excluding hydrogens is 164 g/mol. The van der Waals surface area contributed by atoms with E-state index in [1.807, 2.05) is 0 Å². The van der Waals surface area contributed by atoms with Crippen LogP contribution in [-0.2, 0) is 14.3 Å². The summed E-state index contributed by atoms with van der Waals surface area (Å²) in [6, 6.07) is 0. The zero-order chi connectivity index (χ0) is 9.30. The Bertz CT molecular complexity index is 181. The van der Waals surface area contributed by atoms with E-state index in [9.17, 15) is 15.0 Å². The smallest absolute Gasteiger partial charge is 0.337 e. The van der Waals surface area contributed by atoms with Crippen molar-refractivity contribution in [3.8, 4) is 0 Å². The fraction of sp³-hybridized carbons (Fsp3) is 0.857. The number of aliphatic hydroxyl groups is 2. The summed E-state index contributed by atoms with van der Waals surface area (Å²) in [5, 5.41) is 18.5. The number of methoxy groups -OCH3 is 1. The highest BCUT2D eigenvalue weighted by Crippen LogP contribution is 2.21. The molecule has 0 bridgehead atoms. The maximum Gasteiger partial charge on any atom is 0.337 e. The lowest BCUT2D eigenvalue weighted by atomic mass is 10.1. The third-order valence-corrected chi connectivity index (χ3v) is 1.94. The Labute approximate surface area is 69.9 Å². The van der Waals surface area contributed by atoms with Crippen LogP contribution in [0, 0.1) is 0 Å². The van der Waals surface area contributed by atoms with Gasteiger partial charge in [0.1, 0.15) is 12.2 Å². The summed E-state index contributed by atoms with van der Waals surface area (Å²) >= 11 is 0. The molecule has 0 amide bonds. The molecule has 0 aromatic rings. The molecule has 0 radical (unpaired) electrons. The van der Waals surface area contributed by atoms with Gasteiger partial charge in [-0.15, -0.1) is 0 Å². The molecule has 1 aliphatic rings. The fourth-order valence-corrected chi connectivity index (χ4v) is 1.16. The molecule has 2 N–H and O–H groups in total. The quantitative estimate of drug-likeness (QED) is 0.484. The van der Waals surface area contributed by atoms with E-state index in [2.05, 4.69) is 4.74 Å². The highest BCUT2D eigenvalue weighted by atomic mass is 16.6. The molecule has 0 unspecified atom stereocenters. The SMILES string of the molecule is COC(=O)[C@@H]1O[C@@H](C)[C@@H](O)[C@@H]1O. The van der Waals surface area contributed by atoms with Crippen LogP contribution in [0.2, 0.25) is 0 Å². The minimum Gasteiger partial charge on any atom is -0.467 e. The maximum atomic E-state index is 10.9. The van der Waals surface area contributed by atoms with E-state index in [0.29, 0.717) is 0 Å². The van der Waals surface area contributed by atoms with Crippen molar-refractivity contribution in [3.05, 3.63) is 0 Å². The van der Waals surface area contributed by atoms with Gasteiger partial charge in [0, 0.05) is 0 Å². The van der Waals surface area contributed by atoms with E-state index < -0.39 is 30.4 Å². The summed E-state index contributed by atoms with van der Waals surface area (Å²) in [5.41, 5.74) is 0. The van der Waals surface area contributed by atoms with Crippen LogP contribution in [0.3, 0.4) is 0 Å². The van der Waals surface area contributed by atoms with E-state index in [1.54, 1.807) is 6.92 Å². The summed E-state index contributed by atoms with van der Waals surface area (Å²) in [4.78, 5) is 10.9. The lowest BCUT2D eigenvalue weighted by Gasteiger charge is -2.11. The van der Waals surface area contributed by atoms with Crippen molar-refractivity contribution in [3.63, 3.8) is 0 Å². The number of carbonyl (C=O) groups excluding carboxylic acids is 1. The van der Waals surface area contributed by atoms with Gasteiger partial charge in [0.15, 0.2) is 6.10 Å². The summed E-state index contributed by atoms with van der Waals surface area (Å²) < 4.78 is 9.33. The summed E-state index contributed by atoms with van der Waals surface area (Å²) in [5.74, 6) is -0.661. The number of hydrogen-bond acceptors (Lipinski definition) is 5. The van der Waals surface area contributed by atoms with Crippen LogP contribution in [0.1, 0.15) is 6.92 Å². The van der Waals surface area contributed by atoms with Gasteiger partial charge >= 0.3 is 5.97 Å². The van der Waals surface area contributed by atoms with Crippen molar-refractivity contribution in [2.24, 2.45) is 0 Å². The van der Waals surface area contributed by atoms with E-state index in [4.69, 9.17) is 4.74 Å². The Morgan fingerprint density at radius 3 is 2.33 bits per heavy atom. The van der Waals surface area contributed by atoms with Crippen molar-refractivity contribution in [1.29, 1.82) is 0 Å². The van der Waals surface area contributed by atoms with Crippen molar-refractivity contribution in [2.45, 2.75) is 31.3 Å².